The minimum atomic E-state index is -3.75. The first-order valence-electron chi connectivity index (χ1n) is 8.78. The highest BCUT2D eigenvalue weighted by Crippen LogP contribution is 2.16. The molecule has 11 heteroatoms. The topological polar surface area (TPSA) is 108 Å². The van der Waals surface area contributed by atoms with Crippen molar-refractivity contribution in [2.24, 2.45) is 0 Å². The number of hydrogen-bond acceptors (Lipinski definition) is 7. The largest absolute Gasteiger partial charge is 0.379 e. The van der Waals surface area contributed by atoms with Gasteiger partial charge in [0, 0.05) is 44.3 Å². The van der Waals surface area contributed by atoms with Crippen LogP contribution < -0.4 is 15.4 Å². The van der Waals surface area contributed by atoms with E-state index in [1.165, 1.54) is 24.5 Å². The van der Waals surface area contributed by atoms with Crippen LogP contribution in [0.1, 0.15) is 0 Å². The zero-order chi connectivity index (χ0) is 19.8. The van der Waals surface area contributed by atoms with Gasteiger partial charge in [0.2, 0.25) is 5.95 Å². The molecule has 1 aromatic carbocycles. The summed E-state index contributed by atoms with van der Waals surface area (Å²) in [7, 11) is -3.75. The lowest BCUT2D eigenvalue weighted by Crippen LogP contribution is -2.42. The molecule has 3 rings (SSSR count). The first kappa shape index (κ1) is 20.4. The van der Waals surface area contributed by atoms with Gasteiger partial charge in [0.1, 0.15) is 0 Å². The van der Waals surface area contributed by atoms with Crippen LogP contribution >= 0.6 is 12.2 Å². The van der Waals surface area contributed by atoms with Crippen molar-refractivity contribution in [3.05, 3.63) is 42.7 Å². The normalized spacial score (nSPS) is 15.0. The van der Waals surface area contributed by atoms with Gasteiger partial charge in [-0.15, -0.1) is 0 Å². The predicted octanol–water partition coefficient (Wildman–Crippen LogP) is 0.896. The fourth-order valence-electron chi connectivity index (χ4n) is 2.58. The Morgan fingerprint density at radius 3 is 2.50 bits per heavy atom. The third-order valence-electron chi connectivity index (χ3n) is 4.03. The molecule has 2 heterocycles. The molecule has 0 aliphatic carbocycles. The van der Waals surface area contributed by atoms with Gasteiger partial charge >= 0.3 is 0 Å². The standard InChI is InChI=1S/C17H22N6O3S2/c24-28(25,22-16-18-6-1-7-19-16)15-4-2-14(3-5-15)21-17(27)20-8-9-23-10-12-26-13-11-23/h1-7H,8-13H2,(H,18,19,22)(H2,20,21,27). The molecule has 1 aliphatic rings. The van der Waals surface area contributed by atoms with Crippen LogP contribution in [-0.2, 0) is 14.8 Å². The molecule has 0 spiro atoms. The third-order valence-corrected chi connectivity index (χ3v) is 5.62. The summed E-state index contributed by atoms with van der Waals surface area (Å²) in [6.45, 7) is 5.00. The molecule has 3 N–H and O–H groups in total. The summed E-state index contributed by atoms with van der Waals surface area (Å²) < 4.78 is 32.4. The summed E-state index contributed by atoms with van der Waals surface area (Å²) in [5.41, 5.74) is 0.693. The van der Waals surface area contributed by atoms with Crippen LogP contribution in [0.25, 0.3) is 0 Å². The van der Waals surface area contributed by atoms with E-state index in [1.54, 1.807) is 18.2 Å². The summed E-state index contributed by atoms with van der Waals surface area (Å²) in [4.78, 5) is 10.1. The molecular weight excluding hydrogens is 400 g/mol. The maximum absolute atomic E-state index is 12.4. The van der Waals surface area contributed by atoms with Crippen LogP contribution in [0.3, 0.4) is 0 Å². The Bertz CT molecular complexity index is 872. The molecule has 9 nitrogen and oxygen atoms in total. The number of ether oxygens (including phenoxy) is 1. The van der Waals surface area contributed by atoms with Crippen molar-refractivity contribution in [2.45, 2.75) is 4.90 Å². The summed E-state index contributed by atoms with van der Waals surface area (Å²) in [5, 5.41) is 6.68. The maximum Gasteiger partial charge on any atom is 0.264 e. The minimum absolute atomic E-state index is 0.0235. The second-order valence-electron chi connectivity index (χ2n) is 6.04. The second-order valence-corrected chi connectivity index (χ2v) is 8.13. The SMILES string of the molecule is O=S(=O)(Nc1ncccn1)c1ccc(NC(=S)NCCN2CCOCC2)cc1. The second kappa shape index (κ2) is 9.73. The van der Waals surface area contributed by atoms with Gasteiger partial charge in [0.25, 0.3) is 10.0 Å². The van der Waals surface area contributed by atoms with Gasteiger partial charge in [-0.3, -0.25) is 4.90 Å². The Kier molecular flexibility index (Phi) is 7.09. The van der Waals surface area contributed by atoms with Crippen molar-refractivity contribution >= 4 is 39.0 Å². The van der Waals surface area contributed by atoms with E-state index >= 15 is 0 Å². The highest BCUT2D eigenvalue weighted by atomic mass is 32.2. The Hall–Kier alpha value is -2.34. The molecule has 1 aliphatic heterocycles. The van der Waals surface area contributed by atoms with E-state index in [0.717, 1.165) is 39.4 Å². The average molecular weight is 423 g/mol. The molecule has 2 aromatic rings. The van der Waals surface area contributed by atoms with E-state index in [4.69, 9.17) is 17.0 Å². The number of nitrogens with one attached hydrogen (secondary N) is 3. The van der Waals surface area contributed by atoms with E-state index in [1.807, 2.05) is 0 Å². The lowest BCUT2D eigenvalue weighted by atomic mass is 10.3. The van der Waals surface area contributed by atoms with Gasteiger partial charge < -0.3 is 15.4 Å². The van der Waals surface area contributed by atoms with Gasteiger partial charge in [0.05, 0.1) is 18.1 Å². The predicted molar refractivity (Wildman–Crippen MR) is 111 cm³/mol. The lowest BCUT2D eigenvalue weighted by Gasteiger charge is -2.26. The number of thiocarbonyl (C=S) groups is 1. The minimum Gasteiger partial charge on any atom is -0.379 e. The first-order chi connectivity index (χ1) is 13.5. The number of nitrogens with zero attached hydrogens (tertiary/aromatic N) is 3. The van der Waals surface area contributed by atoms with Crippen LogP contribution in [0.5, 0.6) is 0 Å². The van der Waals surface area contributed by atoms with Crippen LogP contribution in [0.15, 0.2) is 47.6 Å². The number of anilines is 2. The molecule has 1 fully saturated rings. The fraction of sp³-hybridized carbons (Fsp3) is 0.353. The Balaban J connectivity index is 1.48. The van der Waals surface area contributed by atoms with E-state index in [-0.39, 0.29) is 10.8 Å². The van der Waals surface area contributed by atoms with Crippen molar-refractivity contribution in [3.63, 3.8) is 0 Å². The average Bonchev–Trinajstić information content (AvgIpc) is 2.70. The van der Waals surface area contributed by atoms with E-state index in [9.17, 15) is 8.42 Å². The molecule has 0 amide bonds. The summed E-state index contributed by atoms with van der Waals surface area (Å²) in [6.07, 6.45) is 2.93. The number of morpholine rings is 1. The number of hydrogen-bond donors (Lipinski definition) is 3. The maximum atomic E-state index is 12.4. The Morgan fingerprint density at radius 2 is 1.82 bits per heavy atom. The van der Waals surface area contributed by atoms with Gasteiger partial charge in [-0.05, 0) is 42.5 Å². The van der Waals surface area contributed by atoms with E-state index < -0.39 is 10.0 Å². The van der Waals surface area contributed by atoms with Crippen LogP contribution in [0.4, 0.5) is 11.6 Å². The summed E-state index contributed by atoms with van der Waals surface area (Å²) in [6, 6.07) is 7.89. The molecule has 0 atom stereocenters. The zero-order valence-corrected chi connectivity index (χ0v) is 16.8. The zero-order valence-electron chi connectivity index (χ0n) is 15.2. The molecule has 1 saturated heterocycles. The van der Waals surface area contributed by atoms with Crippen molar-refractivity contribution in [1.82, 2.24) is 20.2 Å². The molecular formula is C17H22N6O3S2. The van der Waals surface area contributed by atoms with Gasteiger partial charge in [0.15, 0.2) is 5.11 Å². The van der Waals surface area contributed by atoms with Gasteiger partial charge in [-0.2, -0.15) is 0 Å². The fourth-order valence-corrected chi connectivity index (χ4v) is 3.75. The number of sulfonamides is 1. The molecule has 0 bridgehead atoms. The molecule has 0 radical (unpaired) electrons. The quantitative estimate of drug-likeness (QED) is 0.561. The van der Waals surface area contributed by atoms with Crippen molar-refractivity contribution < 1.29 is 13.2 Å². The molecule has 1 aromatic heterocycles. The molecule has 0 unspecified atom stereocenters. The highest BCUT2D eigenvalue weighted by Gasteiger charge is 2.15. The first-order valence-corrected chi connectivity index (χ1v) is 10.7. The van der Waals surface area contributed by atoms with E-state index in [2.05, 4.69) is 30.2 Å². The highest BCUT2D eigenvalue weighted by molar-refractivity contribution is 7.92. The molecule has 150 valence electrons. The van der Waals surface area contributed by atoms with Crippen molar-refractivity contribution in [3.8, 4) is 0 Å². The molecule has 0 saturated carbocycles. The third kappa shape index (κ3) is 6.09. The number of rotatable bonds is 7. The van der Waals surface area contributed by atoms with Crippen LogP contribution in [0.2, 0.25) is 0 Å². The summed E-state index contributed by atoms with van der Waals surface area (Å²) in [5.74, 6) is 0.0235. The van der Waals surface area contributed by atoms with Gasteiger partial charge in [-0.1, -0.05) is 0 Å². The number of aromatic nitrogens is 2. The van der Waals surface area contributed by atoms with Gasteiger partial charge in [-0.25, -0.2) is 23.1 Å². The Morgan fingerprint density at radius 1 is 1.14 bits per heavy atom. The number of benzene rings is 1. The van der Waals surface area contributed by atoms with E-state index in [0.29, 0.717) is 10.8 Å². The summed E-state index contributed by atoms with van der Waals surface area (Å²) >= 11 is 5.28. The van der Waals surface area contributed by atoms with Crippen molar-refractivity contribution in [1.29, 1.82) is 0 Å². The molecule has 28 heavy (non-hydrogen) atoms. The van der Waals surface area contributed by atoms with Crippen molar-refractivity contribution in [2.75, 3.05) is 49.4 Å². The smallest absolute Gasteiger partial charge is 0.264 e. The van der Waals surface area contributed by atoms with Crippen LogP contribution in [0, 0.1) is 0 Å². The monoisotopic (exact) mass is 422 g/mol. The van der Waals surface area contributed by atoms with Crippen LogP contribution in [-0.4, -0.2) is 67.8 Å². The lowest BCUT2D eigenvalue weighted by molar-refractivity contribution is 0.0389. The Labute approximate surface area is 169 Å².